The molecule has 26 heavy (non-hydrogen) atoms. The van der Waals surface area contributed by atoms with Gasteiger partial charge in [-0.15, -0.1) is 0 Å². The summed E-state index contributed by atoms with van der Waals surface area (Å²) < 4.78 is 25.1. The average molecular weight is 358 g/mol. The second kappa shape index (κ2) is 6.99. The van der Waals surface area contributed by atoms with Gasteiger partial charge in [-0.1, -0.05) is 0 Å². The molecule has 0 saturated carbocycles. The first-order valence-corrected chi connectivity index (χ1v) is 8.02. The Kier molecular flexibility index (Phi) is 4.75. The lowest BCUT2D eigenvalue weighted by Gasteiger charge is -2.33. The Bertz CT molecular complexity index is 871. The summed E-state index contributed by atoms with van der Waals surface area (Å²) in [7, 11) is 1.46. The summed E-state index contributed by atoms with van der Waals surface area (Å²) in [6, 6.07) is 7.59. The van der Waals surface area contributed by atoms with Gasteiger partial charge >= 0.3 is 0 Å². The predicted molar refractivity (Wildman–Crippen MR) is 94.7 cm³/mol. The van der Waals surface area contributed by atoms with E-state index in [-0.39, 0.29) is 11.7 Å². The number of nitrogens with two attached hydrogens (primary N) is 1. The quantitative estimate of drug-likeness (QED) is 0.875. The fourth-order valence-corrected chi connectivity index (χ4v) is 2.81. The summed E-state index contributed by atoms with van der Waals surface area (Å²) >= 11 is 0. The maximum Gasteiger partial charge on any atom is 0.282 e. The fourth-order valence-electron chi connectivity index (χ4n) is 2.81. The van der Waals surface area contributed by atoms with Gasteiger partial charge in [0.1, 0.15) is 17.2 Å². The molecular weight excluding hydrogens is 339 g/mol. The topological polar surface area (TPSA) is 98.8 Å². The molecule has 136 valence electrons. The Morgan fingerprint density at radius 1 is 1.42 bits per heavy atom. The Hall–Kier alpha value is -3.16. The van der Waals surface area contributed by atoms with Crippen molar-refractivity contribution in [3.05, 3.63) is 53.6 Å². The van der Waals surface area contributed by atoms with Gasteiger partial charge < -0.3 is 20.5 Å². The van der Waals surface area contributed by atoms with Crippen molar-refractivity contribution in [2.75, 3.05) is 19.0 Å². The molecule has 0 saturated heterocycles. The minimum atomic E-state index is -0.959. The number of benzene rings is 1. The molecule has 0 unspecified atom stereocenters. The number of ether oxygens (including phenoxy) is 2. The van der Waals surface area contributed by atoms with Crippen molar-refractivity contribution in [3.8, 4) is 5.75 Å². The number of methoxy groups -OCH3 is 1. The number of halogens is 1. The summed E-state index contributed by atoms with van der Waals surface area (Å²) in [6.45, 7) is 2.17. The highest BCUT2D eigenvalue weighted by atomic mass is 19.1. The second-order valence-corrected chi connectivity index (χ2v) is 6.01. The standard InChI is InChI=1S/C18H19FN4O3/c1-18(7-9-22-17(20)26-18)12-10-11(5-6-13(12)19)23-16(24)15-14(25-2)4-3-8-21-15/h3-6,8,10H,7,9H2,1-2H3,(H2,20,22)(H,23,24)/t18-/m0/s1. The number of amidine groups is 1. The van der Waals surface area contributed by atoms with E-state index < -0.39 is 17.3 Å². The Morgan fingerprint density at radius 3 is 2.96 bits per heavy atom. The number of carbonyl (C=O) groups excluding carboxylic acids is 1. The SMILES string of the molecule is COc1cccnc1C(=O)Nc1ccc(F)c([C@]2(C)CCN=C(N)O2)c1. The van der Waals surface area contributed by atoms with Crippen molar-refractivity contribution in [1.29, 1.82) is 0 Å². The maximum atomic E-state index is 14.4. The van der Waals surface area contributed by atoms with Crippen LogP contribution in [0.4, 0.5) is 10.1 Å². The molecule has 0 fully saturated rings. The molecule has 1 amide bonds. The average Bonchev–Trinajstić information content (AvgIpc) is 2.63. The molecule has 1 aliphatic heterocycles. The lowest BCUT2D eigenvalue weighted by Crippen LogP contribution is -2.38. The third-order valence-electron chi connectivity index (χ3n) is 4.19. The molecule has 0 radical (unpaired) electrons. The zero-order chi connectivity index (χ0) is 18.7. The molecule has 1 aliphatic rings. The van der Waals surface area contributed by atoms with E-state index in [1.807, 2.05) is 0 Å². The van der Waals surface area contributed by atoms with E-state index in [0.29, 0.717) is 30.0 Å². The van der Waals surface area contributed by atoms with Crippen LogP contribution in [0.15, 0.2) is 41.5 Å². The molecule has 3 N–H and O–H groups in total. The number of hydrogen-bond acceptors (Lipinski definition) is 6. The predicted octanol–water partition coefficient (Wildman–Crippen LogP) is 2.43. The largest absolute Gasteiger partial charge is 0.494 e. The van der Waals surface area contributed by atoms with Gasteiger partial charge in [-0.2, -0.15) is 0 Å². The smallest absolute Gasteiger partial charge is 0.282 e. The van der Waals surface area contributed by atoms with E-state index in [4.69, 9.17) is 15.2 Å². The number of amides is 1. The molecule has 0 aliphatic carbocycles. The fraction of sp³-hybridized carbons (Fsp3) is 0.278. The van der Waals surface area contributed by atoms with Crippen LogP contribution in [-0.2, 0) is 10.3 Å². The summed E-state index contributed by atoms with van der Waals surface area (Å²) in [5.41, 5.74) is 5.52. The van der Waals surface area contributed by atoms with E-state index in [2.05, 4.69) is 15.3 Å². The van der Waals surface area contributed by atoms with E-state index in [0.717, 1.165) is 0 Å². The number of aromatic nitrogens is 1. The summed E-state index contributed by atoms with van der Waals surface area (Å²) in [4.78, 5) is 20.5. The summed E-state index contributed by atoms with van der Waals surface area (Å²) in [6.07, 6.45) is 1.96. The maximum absolute atomic E-state index is 14.4. The minimum Gasteiger partial charge on any atom is -0.494 e. The molecule has 1 aromatic heterocycles. The van der Waals surface area contributed by atoms with E-state index >= 15 is 0 Å². The van der Waals surface area contributed by atoms with Crippen LogP contribution in [0.25, 0.3) is 0 Å². The van der Waals surface area contributed by atoms with Crippen LogP contribution < -0.4 is 15.8 Å². The molecule has 2 heterocycles. The van der Waals surface area contributed by atoms with Crippen LogP contribution in [0.3, 0.4) is 0 Å². The van der Waals surface area contributed by atoms with Crippen LogP contribution in [0.5, 0.6) is 5.75 Å². The van der Waals surface area contributed by atoms with Gasteiger partial charge in [-0.05, 0) is 37.3 Å². The van der Waals surface area contributed by atoms with Gasteiger partial charge in [-0.3, -0.25) is 4.79 Å². The molecule has 1 atom stereocenters. The normalized spacial score (nSPS) is 19.3. The third kappa shape index (κ3) is 3.44. The zero-order valence-electron chi connectivity index (χ0n) is 14.5. The molecule has 7 nitrogen and oxygen atoms in total. The molecule has 0 bridgehead atoms. The number of pyridine rings is 1. The van der Waals surface area contributed by atoms with Gasteiger partial charge in [0, 0.05) is 30.4 Å². The first-order chi connectivity index (χ1) is 12.4. The highest BCUT2D eigenvalue weighted by Gasteiger charge is 2.35. The third-order valence-corrected chi connectivity index (χ3v) is 4.19. The van der Waals surface area contributed by atoms with Crippen molar-refractivity contribution < 1.29 is 18.7 Å². The van der Waals surface area contributed by atoms with Crippen molar-refractivity contribution in [2.45, 2.75) is 18.9 Å². The highest BCUT2D eigenvalue weighted by Crippen LogP contribution is 2.34. The van der Waals surface area contributed by atoms with Gasteiger partial charge in [-0.25, -0.2) is 14.4 Å². The number of rotatable bonds is 4. The van der Waals surface area contributed by atoms with Crippen LogP contribution >= 0.6 is 0 Å². The molecule has 8 heteroatoms. The number of nitrogens with one attached hydrogen (secondary N) is 1. The van der Waals surface area contributed by atoms with Crippen LogP contribution in [0, 0.1) is 5.82 Å². The molecule has 3 rings (SSSR count). The van der Waals surface area contributed by atoms with Crippen molar-refractivity contribution in [3.63, 3.8) is 0 Å². The van der Waals surface area contributed by atoms with Gasteiger partial charge in [0.15, 0.2) is 5.69 Å². The second-order valence-electron chi connectivity index (χ2n) is 6.01. The van der Waals surface area contributed by atoms with E-state index in [1.54, 1.807) is 19.1 Å². The van der Waals surface area contributed by atoms with Gasteiger partial charge in [0.05, 0.1) is 7.11 Å². The molecular formula is C18H19FN4O3. The molecule has 0 spiro atoms. The number of aliphatic imine (C=N–C) groups is 1. The first-order valence-electron chi connectivity index (χ1n) is 8.02. The van der Waals surface area contributed by atoms with Crippen LogP contribution in [0.1, 0.15) is 29.4 Å². The Balaban J connectivity index is 1.88. The lowest BCUT2D eigenvalue weighted by molar-refractivity contribution is 0.0482. The van der Waals surface area contributed by atoms with Crippen LogP contribution in [-0.4, -0.2) is 30.6 Å². The first kappa shape index (κ1) is 17.7. The van der Waals surface area contributed by atoms with Gasteiger partial charge in [0.25, 0.3) is 11.9 Å². The number of carbonyl (C=O) groups is 1. The van der Waals surface area contributed by atoms with E-state index in [9.17, 15) is 9.18 Å². The van der Waals surface area contributed by atoms with Gasteiger partial charge in [0.2, 0.25) is 0 Å². The monoisotopic (exact) mass is 358 g/mol. The highest BCUT2D eigenvalue weighted by molar-refractivity contribution is 6.04. The number of hydrogen-bond donors (Lipinski definition) is 2. The lowest BCUT2D eigenvalue weighted by atomic mass is 9.90. The van der Waals surface area contributed by atoms with Crippen molar-refractivity contribution in [2.24, 2.45) is 10.7 Å². The Morgan fingerprint density at radius 2 is 2.23 bits per heavy atom. The minimum absolute atomic E-state index is 0.0193. The Labute approximate surface area is 150 Å². The zero-order valence-corrected chi connectivity index (χ0v) is 14.5. The van der Waals surface area contributed by atoms with Crippen molar-refractivity contribution in [1.82, 2.24) is 4.98 Å². The van der Waals surface area contributed by atoms with E-state index in [1.165, 1.54) is 31.5 Å². The number of nitrogens with zero attached hydrogens (tertiary/aromatic N) is 2. The molecule has 1 aromatic carbocycles. The van der Waals surface area contributed by atoms with Crippen LogP contribution in [0.2, 0.25) is 0 Å². The number of anilines is 1. The summed E-state index contributed by atoms with van der Waals surface area (Å²) in [5.74, 6) is -0.565. The van der Waals surface area contributed by atoms with Crippen molar-refractivity contribution >= 4 is 17.6 Å². The summed E-state index contributed by atoms with van der Waals surface area (Å²) in [5, 5.41) is 2.70. The molecule has 2 aromatic rings.